The smallest absolute Gasteiger partial charge is 0.225 e. The Hall–Kier alpha value is -3.74. The van der Waals surface area contributed by atoms with Crippen LogP contribution >= 0.6 is 23.2 Å². The maximum Gasteiger partial charge on any atom is 0.225 e. The highest BCUT2D eigenvalue weighted by atomic mass is 35.5. The molecule has 3 aromatic carbocycles. The molecule has 38 heavy (non-hydrogen) atoms. The Bertz CT molecular complexity index is 1630. The molecule has 5 rings (SSSR count). The van der Waals surface area contributed by atoms with Crippen molar-refractivity contribution in [1.29, 1.82) is 0 Å². The van der Waals surface area contributed by atoms with Gasteiger partial charge in [0.15, 0.2) is 0 Å². The number of carbonyl (C=O) groups excluding carboxylic acids is 1. The molecule has 0 aliphatic carbocycles. The highest BCUT2D eigenvalue weighted by molar-refractivity contribution is 6.42. The number of hydrogen-bond donors (Lipinski definition) is 2. The Morgan fingerprint density at radius 2 is 1.79 bits per heavy atom. The molecule has 2 N–H and O–H groups in total. The largest absolute Gasteiger partial charge is 0.361 e. The van der Waals surface area contributed by atoms with Gasteiger partial charge < -0.3 is 10.3 Å². The Morgan fingerprint density at radius 3 is 2.55 bits per heavy atom. The van der Waals surface area contributed by atoms with Crippen molar-refractivity contribution in [3.63, 3.8) is 0 Å². The molecule has 0 saturated carbocycles. The first-order valence-electron chi connectivity index (χ1n) is 12.0. The fourth-order valence-electron chi connectivity index (χ4n) is 4.64. The van der Waals surface area contributed by atoms with E-state index in [1.165, 1.54) is 12.1 Å². The van der Waals surface area contributed by atoms with Gasteiger partial charge in [-0.15, -0.1) is 0 Å². The highest BCUT2D eigenvalue weighted by Gasteiger charge is 2.22. The normalized spacial score (nSPS) is 12.0. The Labute approximate surface area is 228 Å². The summed E-state index contributed by atoms with van der Waals surface area (Å²) in [6, 6.07) is 17.5. The average Bonchev–Trinajstić information content (AvgIpc) is 3.26. The van der Waals surface area contributed by atoms with Crippen LogP contribution in [0.2, 0.25) is 10.0 Å². The lowest BCUT2D eigenvalue weighted by Crippen LogP contribution is -2.32. The van der Waals surface area contributed by atoms with Gasteiger partial charge in [-0.05, 0) is 72.5 Å². The number of benzene rings is 3. The minimum Gasteiger partial charge on any atom is -0.361 e. The van der Waals surface area contributed by atoms with Crippen molar-refractivity contribution < 1.29 is 13.6 Å². The minimum atomic E-state index is -0.690. The van der Waals surface area contributed by atoms with Gasteiger partial charge in [0, 0.05) is 34.9 Å². The van der Waals surface area contributed by atoms with Gasteiger partial charge in [-0.1, -0.05) is 47.0 Å². The van der Waals surface area contributed by atoms with Crippen LogP contribution in [0.15, 0.2) is 79.1 Å². The van der Waals surface area contributed by atoms with E-state index >= 15 is 0 Å². The molecule has 0 saturated heterocycles. The van der Waals surface area contributed by atoms with E-state index < -0.39 is 17.7 Å². The molecule has 2 heterocycles. The summed E-state index contributed by atoms with van der Waals surface area (Å²) in [7, 11) is 0. The van der Waals surface area contributed by atoms with Gasteiger partial charge in [0.2, 0.25) is 5.91 Å². The third-order valence-corrected chi connectivity index (χ3v) is 7.11. The number of amides is 1. The number of carbonyl (C=O) groups is 1. The number of pyridine rings is 1. The summed E-state index contributed by atoms with van der Waals surface area (Å²) in [5.74, 6) is -1.63. The Morgan fingerprint density at radius 1 is 1.00 bits per heavy atom. The molecule has 192 valence electrons. The van der Waals surface area contributed by atoms with Crippen molar-refractivity contribution in [2.24, 2.45) is 0 Å². The van der Waals surface area contributed by atoms with E-state index in [4.69, 9.17) is 23.2 Å². The van der Waals surface area contributed by atoms with E-state index in [0.29, 0.717) is 21.3 Å². The maximum absolute atomic E-state index is 14.0. The monoisotopic (exact) mass is 549 g/mol. The van der Waals surface area contributed by atoms with Crippen molar-refractivity contribution in [2.45, 2.75) is 25.8 Å². The molecule has 8 heteroatoms. The predicted octanol–water partition coefficient (Wildman–Crippen LogP) is 7.77. The second-order valence-electron chi connectivity index (χ2n) is 9.21. The number of hydrogen-bond acceptors (Lipinski definition) is 2. The van der Waals surface area contributed by atoms with Gasteiger partial charge in [-0.3, -0.25) is 9.78 Å². The average molecular weight is 550 g/mol. The summed E-state index contributed by atoms with van der Waals surface area (Å²) in [6.07, 6.45) is 3.68. The molecule has 0 bridgehead atoms. The van der Waals surface area contributed by atoms with Gasteiger partial charge in [0.25, 0.3) is 0 Å². The first-order chi connectivity index (χ1) is 18.3. The van der Waals surface area contributed by atoms with E-state index in [-0.39, 0.29) is 18.7 Å². The first-order valence-corrected chi connectivity index (χ1v) is 12.7. The van der Waals surface area contributed by atoms with Gasteiger partial charge in [0.05, 0.1) is 28.2 Å². The van der Waals surface area contributed by atoms with Gasteiger partial charge in [-0.2, -0.15) is 0 Å². The summed E-state index contributed by atoms with van der Waals surface area (Å²) in [6.45, 7) is 2.00. The van der Waals surface area contributed by atoms with Crippen LogP contribution in [0, 0.1) is 18.6 Å². The third-order valence-electron chi connectivity index (χ3n) is 6.37. The Balaban J connectivity index is 1.51. The molecule has 0 radical (unpaired) electrons. The zero-order valence-corrected chi connectivity index (χ0v) is 21.9. The number of rotatable bonds is 7. The van der Waals surface area contributed by atoms with Gasteiger partial charge >= 0.3 is 0 Å². The van der Waals surface area contributed by atoms with Crippen molar-refractivity contribution in [3.05, 3.63) is 123 Å². The molecule has 0 aliphatic heterocycles. The summed E-state index contributed by atoms with van der Waals surface area (Å²) in [4.78, 5) is 21.1. The molecular formula is C30H23Cl2F2N3O. The van der Waals surface area contributed by atoms with E-state index in [0.717, 1.165) is 39.2 Å². The number of H-pyrrole nitrogens is 1. The topological polar surface area (TPSA) is 57.8 Å². The summed E-state index contributed by atoms with van der Waals surface area (Å²) in [5.41, 5.74) is 5.28. The Kier molecular flexibility index (Phi) is 7.45. The lowest BCUT2D eigenvalue weighted by Gasteiger charge is -2.22. The van der Waals surface area contributed by atoms with E-state index in [1.807, 2.05) is 43.5 Å². The number of aromatic amines is 1. The summed E-state index contributed by atoms with van der Waals surface area (Å²) < 4.78 is 28.1. The molecule has 4 nitrogen and oxygen atoms in total. The van der Waals surface area contributed by atoms with Gasteiger partial charge in [-0.25, -0.2) is 8.78 Å². The fraction of sp³-hybridized carbons (Fsp3) is 0.133. The van der Waals surface area contributed by atoms with Crippen molar-refractivity contribution in [1.82, 2.24) is 15.3 Å². The van der Waals surface area contributed by atoms with Crippen LogP contribution in [0.1, 0.15) is 28.4 Å². The summed E-state index contributed by atoms with van der Waals surface area (Å²) >= 11 is 12.4. The van der Waals surface area contributed by atoms with Crippen LogP contribution in [-0.4, -0.2) is 15.9 Å². The molecule has 0 spiro atoms. The standard InChI is InChI=1S/C30H23Cl2F2N3O/c1-17-4-7-27-24(9-17)20(16-36-27)14-29(38)37-28(12-18-10-21(33)15-22(34)11-18)30-23(3-2-8-35-30)19-5-6-25(31)26(32)13-19/h2-11,13,15-16,28,36H,12,14H2,1H3,(H,37,38). The number of nitrogens with zero attached hydrogens (tertiary/aromatic N) is 1. The fourth-order valence-corrected chi connectivity index (χ4v) is 4.94. The summed E-state index contributed by atoms with van der Waals surface area (Å²) in [5, 5.41) is 4.81. The van der Waals surface area contributed by atoms with Crippen molar-refractivity contribution in [3.8, 4) is 11.1 Å². The lowest BCUT2D eigenvalue weighted by atomic mass is 9.95. The van der Waals surface area contributed by atoms with Gasteiger partial charge in [0.1, 0.15) is 11.6 Å². The van der Waals surface area contributed by atoms with Crippen LogP contribution in [0.25, 0.3) is 22.0 Å². The highest BCUT2D eigenvalue weighted by Crippen LogP contribution is 2.33. The molecule has 0 aliphatic rings. The third kappa shape index (κ3) is 5.72. The maximum atomic E-state index is 14.0. The lowest BCUT2D eigenvalue weighted by molar-refractivity contribution is -0.121. The SMILES string of the molecule is Cc1ccc2[nH]cc(CC(=O)NC(Cc3cc(F)cc(F)c3)c3ncccc3-c3ccc(Cl)c(Cl)c3)c2c1. The van der Waals surface area contributed by atoms with Crippen LogP contribution in [0.4, 0.5) is 8.78 Å². The van der Waals surface area contributed by atoms with Crippen LogP contribution in [0.3, 0.4) is 0 Å². The number of halogens is 4. The number of nitrogens with one attached hydrogen (secondary N) is 2. The molecule has 1 unspecified atom stereocenters. The minimum absolute atomic E-state index is 0.117. The molecular weight excluding hydrogens is 527 g/mol. The first kappa shape index (κ1) is 25.9. The second-order valence-corrected chi connectivity index (χ2v) is 10.0. The molecule has 1 amide bonds. The molecule has 1 atom stereocenters. The van der Waals surface area contributed by atoms with E-state index in [1.54, 1.807) is 24.4 Å². The predicted molar refractivity (Wildman–Crippen MR) is 147 cm³/mol. The number of fused-ring (bicyclic) bond motifs is 1. The zero-order chi connectivity index (χ0) is 26.8. The zero-order valence-electron chi connectivity index (χ0n) is 20.4. The molecule has 2 aromatic heterocycles. The molecule has 5 aromatic rings. The number of aromatic nitrogens is 2. The van der Waals surface area contributed by atoms with Crippen molar-refractivity contribution in [2.75, 3.05) is 0 Å². The van der Waals surface area contributed by atoms with E-state index in [2.05, 4.69) is 15.3 Å². The van der Waals surface area contributed by atoms with E-state index in [9.17, 15) is 13.6 Å². The molecule has 0 fully saturated rings. The second kappa shape index (κ2) is 10.9. The van der Waals surface area contributed by atoms with Crippen LogP contribution in [-0.2, 0) is 17.6 Å². The van der Waals surface area contributed by atoms with Crippen molar-refractivity contribution >= 4 is 40.0 Å². The van der Waals surface area contributed by atoms with Crippen LogP contribution in [0.5, 0.6) is 0 Å². The number of aryl methyl sites for hydroxylation is 1. The quantitative estimate of drug-likeness (QED) is 0.218. The van der Waals surface area contributed by atoms with Crippen LogP contribution < -0.4 is 5.32 Å².